The second-order valence-electron chi connectivity index (χ2n) is 7.64. The Bertz CT molecular complexity index is 1190. The molecule has 200 valence electrons. The first-order valence-electron chi connectivity index (χ1n) is 11.1. The number of rotatable bonds is 12. The first-order valence-corrected chi connectivity index (χ1v) is 12.8. The van der Waals surface area contributed by atoms with Crippen LogP contribution in [0.2, 0.25) is 0 Å². The molecule has 0 bridgehead atoms. The van der Waals surface area contributed by atoms with E-state index >= 15 is 0 Å². The van der Waals surface area contributed by atoms with Crippen LogP contribution in [0.1, 0.15) is 31.1 Å². The summed E-state index contributed by atoms with van der Waals surface area (Å²) in [4.78, 5) is 42.7. The molecule has 0 N–H and O–H groups in total. The Morgan fingerprint density at radius 2 is 0.632 bits per heavy atom. The van der Waals surface area contributed by atoms with Crippen LogP contribution >= 0.6 is 7.14 Å². The van der Waals surface area contributed by atoms with Crippen molar-refractivity contribution in [3.8, 4) is 34.5 Å². The Hall–Kier alpha value is -4.30. The van der Waals surface area contributed by atoms with Crippen molar-refractivity contribution in [3.63, 3.8) is 0 Å². The zero-order chi connectivity index (χ0) is 28.0. The van der Waals surface area contributed by atoms with Crippen molar-refractivity contribution in [3.05, 3.63) is 71.3 Å². The topological polar surface area (TPSA) is 124 Å². The normalized spacial score (nSPS) is 10.8. The summed E-state index contributed by atoms with van der Waals surface area (Å²) >= 11 is 0. The van der Waals surface area contributed by atoms with E-state index < -0.39 is 23.7 Å². The average molecular weight is 542 g/mol. The minimum atomic E-state index is -5.30. The third-order valence-corrected chi connectivity index (χ3v) is 8.17. The molecule has 0 unspecified atom stereocenters. The highest BCUT2D eigenvalue weighted by molar-refractivity contribution is 8.07. The molecular weight excluding hydrogens is 515 g/mol. The zero-order valence-electron chi connectivity index (χ0n) is 21.7. The van der Waals surface area contributed by atoms with Gasteiger partial charge in [-0.1, -0.05) is 18.2 Å². The molecule has 0 saturated heterocycles. The van der Waals surface area contributed by atoms with Crippen LogP contribution in [0.4, 0.5) is 0 Å². The predicted octanol–water partition coefficient (Wildman–Crippen LogP) is 4.92. The first-order chi connectivity index (χ1) is 18.2. The third kappa shape index (κ3) is 4.70. The van der Waals surface area contributed by atoms with Crippen LogP contribution in [0.15, 0.2) is 54.6 Å². The Morgan fingerprint density at radius 1 is 0.447 bits per heavy atom. The molecule has 0 fully saturated rings. The van der Waals surface area contributed by atoms with Crippen molar-refractivity contribution in [2.75, 3.05) is 42.7 Å². The molecule has 0 amide bonds. The molecule has 0 aromatic heterocycles. The number of carbonyl (C=O) groups is 3. The quantitative estimate of drug-likeness (QED) is 0.291. The summed E-state index contributed by atoms with van der Waals surface area (Å²) in [6, 6.07) is 13.1. The number of methoxy groups -OCH3 is 6. The minimum absolute atomic E-state index is 0.0471. The van der Waals surface area contributed by atoms with E-state index in [-0.39, 0.29) is 51.2 Å². The minimum Gasteiger partial charge on any atom is -0.496 e. The number of hydrogen-bond acceptors (Lipinski definition) is 10. The van der Waals surface area contributed by atoms with Gasteiger partial charge in [-0.2, -0.15) is 0 Å². The number of carbonyl (C=O) groups excluding carboxylic acids is 3. The van der Waals surface area contributed by atoms with Gasteiger partial charge >= 0.3 is 0 Å². The van der Waals surface area contributed by atoms with Gasteiger partial charge < -0.3 is 28.4 Å². The summed E-state index contributed by atoms with van der Waals surface area (Å²) in [5.41, 5.74) is -4.94. The molecule has 3 rings (SSSR count). The van der Waals surface area contributed by atoms with E-state index in [4.69, 9.17) is 28.4 Å². The zero-order valence-corrected chi connectivity index (χ0v) is 22.6. The van der Waals surface area contributed by atoms with Gasteiger partial charge in [0.1, 0.15) is 51.2 Å². The number of benzene rings is 3. The lowest BCUT2D eigenvalue weighted by Crippen LogP contribution is -2.21. The molecule has 0 saturated carbocycles. The first kappa shape index (κ1) is 28.3. The number of hydrogen-bond donors (Lipinski definition) is 0. The molecule has 11 heteroatoms. The second-order valence-corrected chi connectivity index (χ2v) is 10.1. The van der Waals surface area contributed by atoms with Crippen LogP contribution in [0.25, 0.3) is 0 Å². The maximum Gasteiger partial charge on any atom is 0.288 e. The molecule has 3 aromatic rings. The van der Waals surface area contributed by atoms with Crippen LogP contribution in [-0.2, 0) is 4.57 Å². The monoisotopic (exact) mass is 542 g/mol. The smallest absolute Gasteiger partial charge is 0.288 e. The van der Waals surface area contributed by atoms with Gasteiger partial charge in [0.25, 0.3) is 7.14 Å². The lowest BCUT2D eigenvalue weighted by Gasteiger charge is -2.21. The van der Waals surface area contributed by atoms with Crippen LogP contribution in [-0.4, -0.2) is 59.2 Å². The van der Waals surface area contributed by atoms with Gasteiger partial charge in [0.15, 0.2) is 0 Å². The van der Waals surface area contributed by atoms with E-state index in [2.05, 4.69) is 0 Å². The van der Waals surface area contributed by atoms with Gasteiger partial charge in [-0.3, -0.25) is 18.9 Å². The van der Waals surface area contributed by atoms with E-state index in [9.17, 15) is 18.9 Å². The van der Waals surface area contributed by atoms with E-state index in [0.29, 0.717) is 0 Å². The van der Waals surface area contributed by atoms with Crippen LogP contribution < -0.4 is 28.4 Å². The SMILES string of the molecule is COc1cccc(OC)c1C(=O)P(=O)(C(=O)c1c(OC)cccc1OC)C(=O)c1c(OC)cccc1OC. The van der Waals surface area contributed by atoms with Gasteiger partial charge in [-0.05, 0) is 36.4 Å². The predicted molar refractivity (Wildman–Crippen MR) is 139 cm³/mol. The molecule has 0 aliphatic carbocycles. The largest absolute Gasteiger partial charge is 0.496 e. The fourth-order valence-electron chi connectivity index (χ4n) is 3.93. The lowest BCUT2D eigenvalue weighted by atomic mass is 10.2. The van der Waals surface area contributed by atoms with Crippen LogP contribution in [0.3, 0.4) is 0 Å². The van der Waals surface area contributed by atoms with E-state index in [1.165, 1.54) is 97.3 Å². The highest BCUT2D eigenvalue weighted by Crippen LogP contribution is 2.60. The van der Waals surface area contributed by atoms with Crippen LogP contribution in [0, 0.1) is 0 Å². The molecular formula is C27H27O10P. The fraction of sp³-hybridized carbons (Fsp3) is 0.222. The van der Waals surface area contributed by atoms with Crippen molar-refractivity contribution in [1.82, 2.24) is 0 Å². The third-order valence-electron chi connectivity index (χ3n) is 5.78. The second kappa shape index (κ2) is 11.8. The van der Waals surface area contributed by atoms with Gasteiger partial charge in [-0.15, -0.1) is 0 Å². The van der Waals surface area contributed by atoms with Gasteiger partial charge in [0.2, 0.25) is 16.6 Å². The summed E-state index contributed by atoms with van der Waals surface area (Å²) in [6.45, 7) is 0. The summed E-state index contributed by atoms with van der Waals surface area (Å²) in [6.07, 6.45) is 0. The Labute approximate surface area is 219 Å². The molecule has 0 heterocycles. The van der Waals surface area contributed by atoms with Crippen LogP contribution in [0.5, 0.6) is 34.5 Å². The van der Waals surface area contributed by atoms with Crippen molar-refractivity contribution >= 4 is 23.7 Å². The van der Waals surface area contributed by atoms with Crippen molar-refractivity contribution < 1.29 is 47.4 Å². The Balaban J connectivity index is 2.45. The van der Waals surface area contributed by atoms with E-state index in [1.807, 2.05) is 0 Å². The molecule has 0 aliphatic heterocycles. The standard InChI is InChI=1S/C27H27O10P/c1-32-16-10-7-11-17(33-2)22(16)25(28)38(31,26(29)23-18(34-3)12-8-13-19(23)35-4)27(30)24-20(36-5)14-9-15-21(24)37-6/h7-15H,1-6H3. The van der Waals surface area contributed by atoms with Crippen molar-refractivity contribution in [2.45, 2.75) is 0 Å². The summed E-state index contributed by atoms with van der Waals surface area (Å²) < 4.78 is 46.8. The van der Waals surface area contributed by atoms with E-state index in [1.54, 1.807) is 0 Å². The van der Waals surface area contributed by atoms with Gasteiger partial charge in [0, 0.05) is 0 Å². The molecule has 0 radical (unpaired) electrons. The lowest BCUT2D eigenvalue weighted by molar-refractivity contribution is 0.0996. The Kier molecular flexibility index (Phi) is 8.80. The molecule has 0 spiro atoms. The maximum absolute atomic E-state index is 14.9. The fourth-order valence-corrected chi connectivity index (χ4v) is 6.09. The summed E-state index contributed by atoms with van der Waals surface area (Å²) in [5, 5.41) is 0. The van der Waals surface area contributed by atoms with Crippen molar-refractivity contribution in [2.24, 2.45) is 0 Å². The van der Waals surface area contributed by atoms with Gasteiger partial charge in [0.05, 0.1) is 42.7 Å². The Morgan fingerprint density at radius 3 is 0.789 bits per heavy atom. The molecule has 0 aliphatic rings. The van der Waals surface area contributed by atoms with E-state index in [0.717, 1.165) is 0 Å². The molecule has 38 heavy (non-hydrogen) atoms. The summed E-state index contributed by atoms with van der Waals surface area (Å²) in [7, 11) is 2.41. The number of ether oxygens (including phenoxy) is 6. The highest BCUT2D eigenvalue weighted by atomic mass is 31.2. The molecule has 0 atom stereocenters. The highest BCUT2D eigenvalue weighted by Gasteiger charge is 2.53. The molecule has 3 aromatic carbocycles. The maximum atomic E-state index is 14.9. The van der Waals surface area contributed by atoms with Gasteiger partial charge in [-0.25, -0.2) is 0 Å². The summed E-state index contributed by atoms with van der Waals surface area (Å²) in [5.74, 6) is -0.282. The molecule has 10 nitrogen and oxygen atoms in total. The average Bonchev–Trinajstić information content (AvgIpc) is 2.97. The van der Waals surface area contributed by atoms with Crippen molar-refractivity contribution in [1.29, 1.82) is 0 Å².